The van der Waals surface area contributed by atoms with Gasteiger partial charge in [0, 0.05) is 18.1 Å². The largest absolute Gasteiger partial charge is 0.465 e. The third-order valence-corrected chi connectivity index (χ3v) is 3.89. The molecule has 1 atom stereocenters. The maximum Gasteiger partial charge on any atom is 0.339 e. The van der Waals surface area contributed by atoms with Crippen molar-refractivity contribution in [2.24, 2.45) is 0 Å². The standard InChI is InChI=1S/C15H22N2O2/c1-15(2)9-11(16-3)10-17(15)13-8-6-5-7-12(13)14(18)19-4/h5-8,11,16H,9-10H2,1-4H3. The Bertz CT molecular complexity index is 471. The Morgan fingerprint density at radius 3 is 2.68 bits per heavy atom. The molecule has 4 nitrogen and oxygen atoms in total. The second kappa shape index (κ2) is 5.21. The van der Waals surface area contributed by atoms with Gasteiger partial charge in [0.2, 0.25) is 0 Å². The Balaban J connectivity index is 2.39. The first kappa shape index (κ1) is 13.9. The molecule has 0 saturated carbocycles. The number of likely N-dealkylation sites (N-methyl/N-ethyl adjacent to an activating group) is 1. The average Bonchev–Trinajstić information content (AvgIpc) is 2.73. The van der Waals surface area contributed by atoms with Gasteiger partial charge in [-0.25, -0.2) is 4.79 Å². The molecular weight excluding hydrogens is 240 g/mol. The molecule has 1 N–H and O–H groups in total. The van der Waals surface area contributed by atoms with Crippen molar-refractivity contribution in [2.75, 3.05) is 25.6 Å². The van der Waals surface area contributed by atoms with E-state index in [0.717, 1.165) is 18.7 Å². The van der Waals surface area contributed by atoms with Crippen LogP contribution in [0.25, 0.3) is 0 Å². The van der Waals surface area contributed by atoms with Crippen LogP contribution in [0.15, 0.2) is 24.3 Å². The number of carbonyl (C=O) groups is 1. The van der Waals surface area contributed by atoms with Gasteiger partial charge in [0.05, 0.1) is 18.4 Å². The summed E-state index contributed by atoms with van der Waals surface area (Å²) in [6.45, 7) is 5.31. The summed E-state index contributed by atoms with van der Waals surface area (Å²) in [5.41, 5.74) is 1.62. The zero-order chi connectivity index (χ0) is 14.0. The molecule has 1 aliphatic rings. The molecular formula is C15H22N2O2. The molecule has 1 saturated heterocycles. The lowest BCUT2D eigenvalue weighted by Crippen LogP contribution is -2.39. The van der Waals surface area contributed by atoms with Crippen molar-refractivity contribution in [2.45, 2.75) is 31.8 Å². The minimum absolute atomic E-state index is 0.0256. The molecule has 1 heterocycles. The summed E-state index contributed by atoms with van der Waals surface area (Å²) in [5, 5.41) is 3.32. The molecule has 19 heavy (non-hydrogen) atoms. The number of carbonyl (C=O) groups excluding carboxylic acids is 1. The quantitative estimate of drug-likeness (QED) is 0.847. The fraction of sp³-hybridized carbons (Fsp3) is 0.533. The number of esters is 1. The normalized spacial score (nSPS) is 21.5. The predicted molar refractivity (Wildman–Crippen MR) is 76.7 cm³/mol. The van der Waals surface area contributed by atoms with E-state index in [1.807, 2.05) is 31.3 Å². The minimum atomic E-state index is -0.278. The summed E-state index contributed by atoms with van der Waals surface area (Å²) in [4.78, 5) is 14.2. The number of nitrogens with one attached hydrogen (secondary N) is 1. The molecule has 2 rings (SSSR count). The van der Waals surface area contributed by atoms with E-state index in [9.17, 15) is 4.79 Å². The number of hydrogen-bond acceptors (Lipinski definition) is 4. The monoisotopic (exact) mass is 262 g/mol. The van der Waals surface area contributed by atoms with Crippen LogP contribution in [0.4, 0.5) is 5.69 Å². The molecule has 1 unspecified atom stereocenters. The zero-order valence-electron chi connectivity index (χ0n) is 12.1. The van der Waals surface area contributed by atoms with Gasteiger partial charge in [-0.05, 0) is 39.4 Å². The Kier molecular flexibility index (Phi) is 3.80. The number of rotatable bonds is 3. The molecule has 0 bridgehead atoms. The summed E-state index contributed by atoms with van der Waals surface area (Å²) in [6, 6.07) is 8.09. The van der Waals surface area contributed by atoms with E-state index in [1.54, 1.807) is 0 Å². The Hall–Kier alpha value is -1.55. The molecule has 0 spiro atoms. The number of benzene rings is 1. The minimum Gasteiger partial charge on any atom is -0.465 e. The van der Waals surface area contributed by atoms with Crippen LogP contribution in [0.2, 0.25) is 0 Å². The van der Waals surface area contributed by atoms with Gasteiger partial charge < -0.3 is 15.0 Å². The molecule has 1 aromatic carbocycles. The molecule has 0 aromatic heterocycles. The first-order valence-electron chi connectivity index (χ1n) is 6.62. The van der Waals surface area contributed by atoms with Crippen LogP contribution in [-0.2, 0) is 4.74 Å². The topological polar surface area (TPSA) is 41.6 Å². The second-order valence-corrected chi connectivity index (χ2v) is 5.62. The van der Waals surface area contributed by atoms with E-state index in [2.05, 4.69) is 24.1 Å². The Morgan fingerprint density at radius 2 is 2.11 bits per heavy atom. The van der Waals surface area contributed by atoms with Crippen molar-refractivity contribution in [3.8, 4) is 0 Å². The van der Waals surface area contributed by atoms with Crippen molar-refractivity contribution >= 4 is 11.7 Å². The molecule has 1 aliphatic heterocycles. The van der Waals surface area contributed by atoms with E-state index in [1.165, 1.54) is 7.11 Å². The molecule has 104 valence electrons. The summed E-state index contributed by atoms with van der Waals surface area (Å²) in [7, 11) is 3.40. The molecule has 1 aromatic rings. The van der Waals surface area contributed by atoms with Gasteiger partial charge in [0.15, 0.2) is 0 Å². The maximum atomic E-state index is 11.9. The van der Waals surface area contributed by atoms with Crippen LogP contribution in [0.3, 0.4) is 0 Å². The van der Waals surface area contributed by atoms with Crippen molar-refractivity contribution < 1.29 is 9.53 Å². The zero-order valence-corrected chi connectivity index (χ0v) is 12.1. The SMILES string of the molecule is CNC1CN(c2ccccc2C(=O)OC)C(C)(C)C1. The van der Waals surface area contributed by atoms with Gasteiger partial charge in [-0.3, -0.25) is 0 Å². The number of anilines is 1. The third kappa shape index (κ3) is 2.59. The number of para-hydroxylation sites is 1. The van der Waals surface area contributed by atoms with Crippen LogP contribution in [0.5, 0.6) is 0 Å². The molecule has 0 radical (unpaired) electrons. The summed E-state index contributed by atoms with van der Waals surface area (Å²) >= 11 is 0. The lowest BCUT2D eigenvalue weighted by molar-refractivity contribution is 0.0601. The molecule has 0 amide bonds. The summed E-state index contributed by atoms with van der Waals surface area (Å²) in [5.74, 6) is -0.278. The highest BCUT2D eigenvalue weighted by Gasteiger charge is 2.39. The number of hydrogen-bond donors (Lipinski definition) is 1. The number of nitrogens with zero attached hydrogens (tertiary/aromatic N) is 1. The number of methoxy groups -OCH3 is 1. The van der Waals surface area contributed by atoms with Crippen molar-refractivity contribution in [1.82, 2.24) is 5.32 Å². The highest BCUT2D eigenvalue weighted by Crippen LogP contribution is 2.35. The van der Waals surface area contributed by atoms with Gasteiger partial charge in [0.1, 0.15) is 0 Å². The van der Waals surface area contributed by atoms with Crippen LogP contribution >= 0.6 is 0 Å². The first-order chi connectivity index (χ1) is 8.99. The van der Waals surface area contributed by atoms with E-state index >= 15 is 0 Å². The highest BCUT2D eigenvalue weighted by atomic mass is 16.5. The predicted octanol–water partition coefficient (Wildman–Crippen LogP) is 2.05. The molecule has 4 heteroatoms. The summed E-state index contributed by atoms with van der Waals surface area (Å²) in [6.07, 6.45) is 1.05. The first-order valence-corrected chi connectivity index (χ1v) is 6.62. The third-order valence-electron chi connectivity index (χ3n) is 3.89. The Labute approximate surface area is 114 Å². The van der Waals surface area contributed by atoms with Crippen molar-refractivity contribution in [3.63, 3.8) is 0 Å². The van der Waals surface area contributed by atoms with E-state index in [0.29, 0.717) is 11.6 Å². The van der Waals surface area contributed by atoms with E-state index in [4.69, 9.17) is 4.74 Å². The van der Waals surface area contributed by atoms with Crippen molar-refractivity contribution in [3.05, 3.63) is 29.8 Å². The van der Waals surface area contributed by atoms with Crippen LogP contribution in [0, 0.1) is 0 Å². The summed E-state index contributed by atoms with van der Waals surface area (Å²) < 4.78 is 4.88. The fourth-order valence-corrected chi connectivity index (χ4v) is 2.85. The van der Waals surface area contributed by atoms with Gasteiger partial charge >= 0.3 is 5.97 Å². The van der Waals surface area contributed by atoms with Gasteiger partial charge in [-0.2, -0.15) is 0 Å². The Morgan fingerprint density at radius 1 is 1.42 bits per heavy atom. The lowest BCUT2D eigenvalue weighted by atomic mass is 9.99. The highest BCUT2D eigenvalue weighted by molar-refractivity contribution is 5.96. The smallest absolute Gasteiger partial charge is 0.339 e. The van der Waals surface area contributed by atoms with Crippen LogP contribution < -0.4 is 10.2 Å². The molecule has 0 aliphatic carbocycles. The molecule has 1 fully saturated rings. The number of ether oxygens (including phenoxy) is 1. The van der Waals surface area contributed by atoms with Crippen LogP contribution in [-0.4, -0.2) is 38.3 Å². The van der Waals surface area contributed by atoms with Gasteiger partial charge in [-0.1, -0.05) is 12.1 Å². The van der Waals surface area contributed by atoms with E-state index in [-0.39, 0.29) is 11.5 Å². The second-order valence-electron chi connectivity index (χ2n) is 5.62. The van der Waals surface area contributed by atoms with Crippen molar-refractivity contribution in [1.29, 1.82) is 0 Å². The fourth-order valence-electron chi connectivity index (χ4n) is 2.85. The lowest BCUT2D eigenvalue weighted by Gasteiger charge is -2.34. The maximum absolute atomic E-state index is 11.9. The van der Waals surface area contributed by atoms with E-state index < -0.39 is 0 Å². The van der Waals surface area contributed by atoms with Gasteiger partial charge in [-0.15, -0.1) is 0 Å². The van der Waals surface area contributed by atoms with Gasteiger partial charge in [0.25, 0.3) is 0 Å². The average molecular weight is 262 g/mol. The van der Waals surface area contributed by atoms with Crippen LogP contribution in [0.1, 0.15) is 30.6 Å².